The van der Waals surface area contributed by atoms with E-state index in [1.54, 1.807) is 9.80 Å². The van der Waals surface area contributed by atoms with Crippen LogP contribution < -0.4 is 5.73 Å². The van der Waals surface area contributed by atoms with E-state index >= 15 is 0 Å². The van der Waals surface area contributed by atoms with Crippen molar-refractivity contribution in [1.82, 2.24) is 14.7 Å². The molecule has 1 rings (SSSR count). The zero-order valence-corrected chi connectivity index (χ0v) is 12.6. The Morgan fingerprint density at radius 3 is 1.95 bits per heavy atom. The summed E-state index contributed by atoms with van der Waals surface area (Å²) in [5.74, 6) is 0.0902. The van der Waals surface area contributed by atoms with Crippen molar-refractivity contribution in [2.24, 2.45) is 5.73 Å². The van der Waals surface area contributed by atoms with Crippen LogP contribution in [0.4, 0.5) is 4.79 Å². The maximum Gasteiger partial charge on any atom is 0.320 e. The first-order chi connectivity index (χ1) is 8.63. The van der Waals surface area contributed by atoms with Gasteiger partial charge in [-0.2, -0.15) is 0 Å². The first-order valence-corrected chi connectivity index (χ1v) is 6.65. The van der Waals surface area contributed by atoms with Crippen LogP contribution >= 0.6 is 12.4 Å². The molecule has 1 heterocycles. The molecular formula is C12H25ClN4O2. The number of carbonyl (C=O) groups excluding carboxylic acids is 2. The monoisotopic (exact) mass is 292 g/mol. The molecular weight excluding hydrogens is 268 g/mol. The van der Waals surface area contributed by atoms with Crippen LogP contribution in [0.5, 0.6) is 0 Å². The minimum absolute atomic E-state index is 0. The van der Waals surface area contributed by atoms with E-state index in [1.165, 1.54) is 0 Å². The smallest absolute Gasteiger partial charge is 0.320 e. The molecule has 0 spiro atoms. The highest BCUT2D eigenvalue weighted by atomic mass is 35.5. The predicted molar refractivity (Wildman–Crippen MR) is 77.4 cm³/mol. The fourth-order valence-electron chi connectivity index (χ4n) is 2.12. The molecule has 1 fully saturated rings. The van der Waals surface area contributed by atoms with Crippen molar-refractivity contribution in [3.63, 3.8) is 0 Å². The van der Waals surface area contributed by atoms with Gasteiger partial charge in [0.2, 0.25) is 5.91 Å². The molecule has 0 aromatic rings. The second kappa shape index (κ2) is 8.98. The van der Waals surface area contributed by atoms with Gasteiger partial charge >= 0.3 is 6.03 Å². The van der Waals surface area contributed by atoms with E-state index in [0.717, 1.165) is 13.1 Å². The number of carbonyl (C=O) groups is 2. The van der Waals surface area contributed by atoms with E-state index in [4.69, 9.17) is 5.73 Å². The number of piperazine rings is 1. The van der Waals surface area contributed by atoms with Crippen LogP contribution in [-0.4, -0.2) is 72.5 Å². The summed E-state index contributed by atoms with van der Waals surface area (Å²) >= 11 is 0. The quantitative estimate of drug-likeness (QED) is 0.813. The Bertz CT molecular complexity index is 289. The van der Waals surface area contributed by atoms with Crippen LogP contribution in [-0.2, 0) is 4.79 Å². The van der Waals surface area contributed by atoms with E-state index < -0.39 is 0 Å². The number of rotatable bonds is 4. The van der Waals surface area contributed by atoms with Gasteiger partial charge in [0.25, 0.3) is 0 Å². The van der Waals surface area contributed by atoms with Gasteiger partial charge in [-0.25, -0.2) is 4.79 Å². The number of nitrogens with zero attached hydrogens (tertiary/aromatic N) is 3. The topological polar surface area (TPSA) is 69.9 Å². The number of halogens is 1. The Labute approximate surface area is 121 Å². The van der Waals surface area contributed by atoms with E-state index in [0.29, 0.717) is 39.1 Å². The van der Waals surface area contributed by atoms with Gasteiger partial charge in [0.05, 0.1) is 0 Å². The Morgan fingerprint density at radius 2 is 1.53 bits per heavy atom. The van der Waals surface area contributed by atoms with Crippen molar-refractivity contribution in [3.8, 4) is 0 Å². The third kappa shape index (κ3) is 4.87. The summed E-state index contributed by atoms with van der Waals surface area (Å²) in [6, 6.07) is 0.0749. The number of hydrogen-bond donors (Lipinski definition) is 1. The largest absolute Gasteiger partial charge is 0.339 e. The van der Waals surface area contributed by atoms with Crippen molar-refractivity contribution < 1.29 is 9.59 Å². The lowest BCUT2D eigenvalue weighted by Crippen LogP contribution is -2.54. The number of hydrogen-bond acceptors (Lipinski definition) is 3. The molecule has 19 heavy (non-hydrogen) atoms. The summed E-state index contributed by atoms with van der Waals surface area (Å²) in [4.78, 5) is 29.2. The van der Waals surface area contributed by atoms with Crippen LogP contribution in [0.1, 0.15) is 20.3 Å². The van der Waals surface area contributed by atoms with Crippen molar-refractivity contribution in [2.75, 3.05) is 45.8 Å². The molecule has 0 bridgehead atoms. The second-order valence-electron chi connectivity index (χ2n) is 4.36. The van der Waals surface area contributed by atoms with Crippen molar-refractivity contribution in [3.05, 3.63) is 0 Å². The minimum Gasteiger partial charge on any atom is -0.339 e. The molecule has 0 saturated carbocycles. The highest BCUT2D eigenvalue weighted by molar-refractivity contribution is 5.85. The van der Waals surface area contributed by atoms with Gasteiger partial charge in [-0.1, -0.05) is 0 Å². The zero-order chi connectivity index (χ0) is 13.5. The molecule has 1 aliphatic rings. The normalized spacial score (nSPS) is 14.9. The number of amides is 3. The summed E-state index contributed by atoms with van der Waals surface area (Å²) in [5, 5.41) is 0. The molecule has 2 N–H and O–H groups in total. The van der Waals surface area contributed by atoms with E-state index in [1.807, 2.05) is 18.7 Å². The third-order valence-electron chi connectivity index (χ3n) is 3.30. The molecule has 1 saturated heterocycles. The van der Waals surface area contributed by atoms with Gasteiger partial charge in [-0.05, 0) is 13.8 Å². The second-order valence-corrected chi connectivity index (χ2v) is 4.36. The molecule has 3 amide bonds. The van der Waals surface area contributed by atoms with Crippen LogP contribution in [0.2, 0.25) is 0 Å². The summed E-state index contributed by atoms with van der Waals surface area (Å²) in [5.41, 5.74) is 5.37. The minimum atomic E-state index is 0. The lowest BCUT2D eigenvalue weighted by Gasteiger charge is -2.37. The van der Waals surface area contributed by atoms with E-state index in [2.05, 4.69) is 0 Å². The molecule has 112 valence electrons. The number of urea groups is 1. The Balaban J connectivity index is 0.00000324. The van der Waals surface area contributed by atoms with Gasteiger partial charge in [-0.15, -0.1) is 12.4 Å². The Morgan fingerprint density at radius 1 is 1.05 bits per heavy atom. The average Bonchev–Trinajstić information content (AvgIpc) is 2.40. The molecule has 1 aliphatic heterocycles. The standard InChI is InChI=1S/C12H24N4O2.ClH/c1-3-14(4-2)12(18)16-9-7-15(8-10-16)11(17)5-6-13;/h3-10,13H2,1-2H3;1H. The highest BCUT2D eigenvalue weighted by Gasteiger charge is 2.25. The van der Waals surface area contributed by atoms with Crippen LogP contribution in [0.3, 0.4) is 0 Å². The lowest BCUT2D eigenvalue weighted by molar-refractivity contribution is -0.132. The maximum atomic E-state index is 12.1. The van der Waals surface area contributed by atoms with Gasteiger partial charge in [0, 0.05) is 52.2 Å². The van der Waals surface area contributed by atoms with Crippen LogP contribution in [0.25, 0.3) is 0 Å². The van der Waals surface area contributed by atoms with Crippen LogP contribution in [0.15, 0.2) is 0 Å². The van der Waals surface area contributed by atoms with E-state index in [9.17, 15) is 9.59 Å². The first kappa shape index (κ1) is 18.0. The molecule has 0 unspecified atom stereocenters. The molecule has 0 aliphatic carbocycles. The predicted octanol–water partition coefficient (Wildman–Crippen LogP) is 0.363. The third-order valence-corrected chi connectivity index (χ3v) is 3.30. The summed E-state index contributed by atoms with van der Waals surface area (Å²) in [6.45, 7) is 8.25. The summed E-state index contributed by atoms with van der Waals surface area (Å²) in [6.07, 6.45) is 0.393. The van der Waals surface area contributed by atoms with Gasteiger partial charge in [0.15, 0.2) is 0 Å². The average molecular weight is 293 g/mol. The molecule has 0 aromatic heterocycles. The SMILES string of the molecule is CCN(CC)C(=O)N1CCN(C(=O)CCN)CC1.Cl. The molecule has 6 nitrogen and oxygen atoms in total. The summed E-state index contributed by atoms with van der Waals surface area (Å²) < 4.78 is 0. The zero-order valence-electron chi connectivity index (χ0n) is 11.8. The maximum absolute atomic E-state index is 12.1. The fourth-order valence-corrected chi connectivity index (χ4v) is 2.12. The summed E-state index contributed by atoms with van der Waals surface area (Å²) in [7, 11) is 0. The molecule has 0 radical (unpaired) electrons. The lowest BCUT2D eigenvalue weighted by atomic mass is 10.3. The molecule has 7 heteroatoms. The first-order valence-electron chi connectivity index (χ1n) is 6.65. The Hall–Kier alpha value is -1.01. The highest BCUT2D eigenvalue weighted by Crippen LogP contribution is 2.07. The fraction of sp³-hybridized carbons (Fsp3) is 0.833. The van der Waals surface area contributed by atoms with Gasteiger partial charge in [-0.3, -0.25) is 4.79 Å². The van der Waals surface area contributed by atoms with E-state index in [-0.39, 0.29) is 24.3 Å². The van der Waals surface area contributed by atoms with Gasteiger partial charge < -0.3 is 20.4 Å². The molecule has 0 atom stereocenters. The van der Waals surface area contributed by atoms with Crippen molar-refractivity contribution >= 4 is 24.3 Å². The number of nitrogens with two attached hydrogens (primary N) is 1. The van der Waals surface area contributed by atoms with Crippen molar-refractivity contribution in [2.45, 2.75) is 20.3 Å². The molecule has 0 aromatic carbocycles. The van der Waals surface area contributed by atoms with Crippen LogP contribution in [0, 0.1) is 0 Å². The van der Waals surface area contributed by atoms with Gasteiger partial charge in [0.1, 0.15) is 0 Å². The Kier molecular flexibility index (Phi) is 8.51. The van der Waals surface area contributed by atoms with Crippen molar-refractivity contribution in [1.29, 1.82) is 0 Å².